The highest BCUT2D eigenvalue weighted by atomic mass is 16.5. The summed E-state index contributed by atoms with van der Waals surface area (Å²) in [5, 5.41) is 2.62. The standard InChI is InChI=1S/C30H33O/c1-3-19-31-20-11-5-6-12-24-21-26(30-16-10-9-14-28(24)30)22-25-18-17-23(4-2)27-13-7-8-15-29(25)27/h7-10,13-18,21-22H,2-6,11-12,19-20H2,1H3/q+1/b26-22+. The molecule has 0 atom stereocenters. The first-order chi connectivity index (χ1) is 15.3. The molecule has 31 heavy (non-hydrogen) atoms. The lowest BCUT2D eigenvalue weighted by Gasteiger charge is -2.08. The average molecular weight is 410 g/mol. The molecule has 3 aromatic carbocycles. The molecule has 1 heteroatoms. The SMILES string of the molecule is [CH2+]Cc1ccc(/C=C2\C=C(CCCCCOCCC)c3ccccc32)c2ccccc12. The van der Waals surface area contributed by atoms with Gasteiger partial charge in [0.15, 0.2) is 0 Å². The van der Waals surface area contributed by atoms with E-state index in [4.69, 9.17) is 4.74 Å². The Kier molecular flexibility index (Phi) is 7.27. The van der Waals surface area contributed by atoms with Crippen LogP contribution in [0.5, 0.6) is 0 Å². The van der Waals surface area contributed by atoms with Gasteiger partial charge in [-0.1, -0.05) is 80.1 Å². The van der Waals surface area contributed by atoms with Crippen molar-refractivity contribution < 1.29 is 4.74 Å². The maximum atomic E-state index is 5.62. The largest absolute Gasteiger partial charge is 0.381 e. The van der Waals surface area contributed by atoms with E-state index in [1.807, 2.05) is 0 Å². The van der Waals surface area contributed by atoms with E-state index in [0.717, 1.165) is 38.9 Å². The maximum Gasteiger partial charge on any atom is 0.111 e. The van der Waals surface area contributed by atoms with Crippen LogP contribution in [0, 0.1) is 6.92 Å². The van der Waals surface area contributed by atoms with E-state index >= 15 is 0 Å². The van der Waals surface area contributed by atoms with Crippen molar-refractivity contribution in [3.8, 4) is 0 Å². The summed E-state index contributed by atoms with van der Waals surface area (Å²) in [6, 6.07) is 22.0. The zero-order valence-electron chi connectivity index (χ0n) is 18.7. The van der Waals surface area contributed by atoms with Crippen molar-refractivity contribution in [1.82, 2.24) is 0 Å². The van der Waals surface area contributed by atoms with Gasteiger partial charge in [0.1, 0.15) is 6.42 Å². The number of benzene rings is 3. The Morgan fingerprint density at radius 1 is 0.806 bits per heavy atom. The fourth-order valence-electron chi connectivity index (χ4n) is 4.52. The van der Waals surface area contributed by atoms with Gasteiger partial charge < -0.3 is 4.74 Å². The molecule has 0 unspecified atom stereocenters. The third-order valence-corrected chi connectivity index (χ3v) is 6.13. The Hall–Kier alpha value is -2.77. The van der Waals surface area contributed by atoms with Gasteiger partial charge in [0.2, 0.25) is 0 Å². The fourth-order valence-corrected chi connectivity index (χ4v) is 4.52. The Balaban J connectivity index is 1.56. The third-order valence-electron chi connectivity index (χ3n) is 6.13. The van der Waals surface area contributed by atoms with Gasteiger partial charge in [-0.05, 0) is 70.4 Å². The molecule has 0 N–H and O–H groups in total. The van der Waals surface area contributed by atoms with Crippen LogP contribution in [0.15, 0.2) is 66.7 Å². The molecule has 158 valence electrons. The summed E-state index contributed by atoms with van der Waals surface area (Å²) in [6.07, 6.45) is 11.4. The van der Waals surface area contributed by atoms with Gasteiger partial charge in [-0.3, -0.25) is 0 Å². The van der Waals surface area contributed by atoms with Crippen LogP contribution in [-0.2, 0) is 11.2 Å². The second kappa shape index (κ2) is 10.5. The summed E-state index contributed by atoms with van der Waals surface area (Å²) >= 11 is 0. The summed E-state index contributed by atoms with van der Waals surface area (Å²) in [5.41, 5.74) is 8.13. The van der Waals surface area contributed by atoms with E-state index in [9.17, 15) is 0 Å². The predicted molar refractivity (Wildman–Crippen MR) is 135 cm³/mol. The van der Waals surface area contributed by atoms with Crippen LogP contribution in [0.3, 0.4) is 0 Å². The Morgan fingerprint density at radius 3 is 2.39 bits per heavy atom. The van der Waals surface area contributed by atoms with Gasteiger partial charge in [-0.15, -0.1) is 0 Å². The number of hydrogen-bond donors (Lipinski definition) is 0. The van der Waals surface area contributed by atoms with Crippen LogP contribution in [0.4, 0.5) is 0 Å². The lowest BCUT2D eigenvalue weighted by molar-refractivity contribution is 0.130. The Bertz CT molecular complexity index is 1090. The van der Waals surface area contributed by atoms with Crippen molar-refractivity contribution in [2.24, 2.45) is 0 Å². The number of rotatable bonds is 10. The molecule has 4 rings (SSSR count). The molecule has 0 bridgehead atoms. The molecular weight excluding hydrogens is 376 g/mol. The van der Waals surface area contributed by atoms with Gasteiger partial charge in [0.25, 0.3) is 0 Å². The topological polar surface area (TPSA) is 9.23 Å². The minimum absolute atomic E-state index is 0.813. The van der Waals surface area contributed by atoms with Crippen molar-refractivity contribution in [1.29, 1.82) is 0 Å². The molecule has 1 aliphatic carbocycles. The van der Waals surface area contributed by atoms with Crippen LogP contribution < -0.4 is 0 Å². The number of ether oxygens (including phenoxy) is 1. The molecule has 0 amide bonds. The highest BCUT2D eigenvalue weighted by Crippen LogP contribution is 2.39. The summed E-state index contributed by atoms with van der Waals surface area (Å²) < 4.78 is 5.62. The van der Waals surface area contributed by atoms with Gasteiger partial charge in [0.05, 0.1) is 6.92 Å². The smallest absolute Gasteiger partial charge is 0.111 e. The van der Waals surface area contributed by atoms with E-state index in [-0.39, 0.29) is 0 Å². The van der Waals surface area contributed by atoms with Crippen molar-refractivity contribution in [2.45, 2.75) is 45.4 Å². The Labute approximate surface area is 187 Å². The summed E-state index contributed by atoms with van der Waals surface area (Å²) in [4.78, 5) is 0. The van der Waals surface area contributed by atoms with E-state index in [1.54, 1.807) is 0 Å². The lowest BCUT2D eigenvalue weighted by atomic mass is 9.96. The highest BCUT2D eigenvalue weighted by molar-refractivity contribution is 6.05. The van der Waals surface area contributed by atoms with Gasteiger partial charge >= 0.3 is 0 Å². The van der Waals surface area contributed by atoms with Gasteiger partial charge in [-0.2, -0.15) is 0 Å². The molecule has 0 saturated carbocycles. The second-order valence-corrected chi connectivity index (χ2v) is 8.35. The van der Waals surface area contributed by atoms with Crippen molar-refractivity contribution in [3.63, 3.8) is 0 Å². The molecule has 0 spiro atoms. The van der Waals surface area contributed by atoms with Crippen LogP contribution in [0.25, 0.3) is 28.0 Å². The Morgan fingerprint density at radius 2 is 1.58 bits per heavy atom. The molecule has 0 aliphatic heterocycles. The van der Waals surface area contributed by atoms with Crippen molar-refractivity contribution >= 4 is 28.0 Å². The number of hydrogen-bond acceptors (Lipinski definition) is 1. The van der Waals surface area contributed by atoms with Gasteiger partial charge in [0, 0.05) is 18.8 Å². The molecule has 3 aromatic rings. The fraction of sp³-hybridized carbons (Fsp3) is 0.300. The molecule has 0 radical (unpaired) electrons. The normalized spacial score (nSPS) is 14.2. The van der Waals surface area contributed by atoms with Crippen LogP contribution in [0.1, 0.15) is 61.3 Å². The zero-order valence-corrected chi connectivity index (χ0v) is 18.7. The summed E-state index contributed by atoms with van der Waals surface area (Å²) in [5.74, 6) is 0. The summed E-state index contributed by atoms with van der Waals surface area (Å²) in [7, 11) is 0. The molecule has 0 aromatic heterocycles. The molecule has 1 nitrogen and oxygen atoms in total. The maximum absolute atomic E-state index is 5.62. The monoisotopic (exact) mass is 409 g/mol. The number of allylic oxidation sites excluding steroid dienone is 3. The number of unbranched alkanes of at least 4 members (excludes halogenated alkanes) is 2. The average Bonchev–Trinajstić information content (AvgIpc) is 3.16. The first-order valence-electron chi connectivity index (χ1n) is 11.7. The molecule has 0 heterocycles. The van der Waals surface area contributed by atoms with Crippen LogP contribution in [0.2, 0.25) is 0 Å². The second-order valence-electron chi connectivity index (χ2n) is 8.35. The zero-order chi connectivity index (χ0) is 21.5. The molecule has 1 aliphatic rings. The first kappa shape index (κ1) is 21.5. The summed E-state index contributed by atoms with van der Waals surface area (Å²) in [6.45, 7) is 8.04. The molecule has 0 fully saturated rings. The van der Waals surface area contributed by atoms with Crippen molar-refractivity contribution in [2.75, 3.05) is 13.2 Å². The van der Waals surface area contributed by atoms with Crippen molar-refractivity contribution in [3.05, 3.63) is 95.9 Å². The van der Waals surface area contributed by atoms with Gasteiger partial charge in [-0.25, -0.2) is 0 Å². The lowest BCUT2D eigenvalue weighted by Crippen LogP contribution is -1.95. The van der Waals surface area contributed by atoms with E-state index < -0.39 is 0 Å². The van der Waals surface area contributed by atoms with E-state index in [1.165, 1.54) is 57.0 Å². The van der Waals surface area contributed by atoms with E-state index in [0.29, 0.717) is 0 Å². The first-order valence-corrected chi connectivity index (χ1v) is 11.7. The van der Waals surface area contributed by atoms with Crippen LogP contribution in [-0.4, -0.2) is 13.2 Å². The third kappa shape index (κ3) is 4.94. The van der Waals surface area contributed by atoms with E-state index in [2.05, 4.69) is 86.7 Å². The predicted octanol–water partition coefficient (Wildman–Crippen LogP) is 8.14. The number of fused-ring (bicyclic) bond motifs is 2. The molecular formula is C30H33O+. The van der Waals surface area contributed by atoms with Crippen LogP contribution >= 0.6 is 0 Å². The quantitative estimate of drug-likeness (QED) is 0.242. The minimum Gasteiger partial charge on any atom is -0.381 e. The molecule has 0 saturated heterocycles. The highest BCUT2D eigenvalue weighted by Gasteiger charge is 2.18. The minimum atomic E-state index is 0.813.